The van der Waals surface area contributed by atoms with Crippen LogP contribution in [-0.2, 0) is 54.8 Å². The van der Waals surface area contributed by atoms with Crippen molar-refractivity contribution in [3.63, 3.8) is 0 Å². The molecule has 8 nitrogen and oxygen atoms in total. The fourth-order valence-corrected chi connectivity index (χ4v) is 9.26. The van der Waals surface area contributed by atoms with Gasteiger partial charge in [-0.1, -0.05) is 121 Å². The first-order chi connectivity index (χ1) is 26.1. The minimum absolute atomic E-state index is 0.0555. The van der Waals surface area contributed by atoms with Gasteiger partial charge in [0.1, 0.15) is 31.0 Å². The van der Waals surface area contributed by atoms with Gasteiger partial charge in [-0.05, 0) is 78.0 Å². The van der Waals surface area contributed by atoms with Gasteiger partial charge in [-0.2, -0.15) is 0 Å². The molecule has 0 radical (unpaired) electrons. The van der Waals surface area contributed by atoms with Crippen LogP contribution in [-0.4, -0.2) is 49.4 Å². The predicted octanol–water partition coefficient (Wildman–Crippen LogP) is 8.24. The van der Waals surface area contributed by atoms with Gasteiger partial charge >= 0.3 is 6.09 Å². The van der Waals surface area contributed by atoms with Crippen molar-refractivity contribution in [2.75, 3.05) is 6.61 Å². The maximum atomic E-state index is 13.7. The van der Waals surface area contributed by atoms with Gasteiger partial charge in [-0.3, -0.25) is 0 Å². The third-order valence-electron chi connectivity index (χ3n) is 11.5. The number of rotatable bonds is 15. The number of amides is 1. The second-order valence-electron chi connectivity index (χ2n) is 15.3. The minimum atomic E-state index is -0.801. The van der Waals surface area contributed by atoms with Crippen molar-refractivity contribution in [1.29, 1.82) is 0 Å². The molecule has 53 heavy (non-hydrogen) atoms. The van der Waals surface area contributed by atoms with E-state index in [0.29, 0.717) is 31.7 Å². The van der Waals surface area contributed by atoms with E-state index in [0.717, 1.165) is 34.1 Å². The summed E-state index contributed by atoms with van der Waals surface area (Å²) in [6.07, 6.45) is 3.04. The SMILES string of the molecule is O=C(N[C@H]1[C@@H](OC2C3CC4CC(C3)CC2C4)O[C@H](COCc2ccccc2)[C@@H](OCc2ccccc2)[C@@H]1OCc1ccccc1)OCc1ccccc1. The molecule has 4 aromatic carbocycles. The first kappa shape index (κ1) is 36.0. The van der Waals surface area contributed by atoms with Crippen molar-refractivity contribution in [2.24, 2.45) is 23.7 Å². The van der Waals surface area contributed by atoms with Crippen molar-refractivity contribution < 1.29 is 33.2 Å². The monoisotopic (exact) mass is 717 g/mol. The standard InChI is InChI=1S/C45H51NO7/c47-45(51-29-34-19-11-4-12-20-34)46-40-43(50-28-33-17-9-3-10-18-33)42(49-27-32-15-7-2-8-16-32)39(30-48-26-31-13-5-1-6-14-31)52-44(40)53-41-37-22-35-21-36(24-37)25-38(41)23-35/h1-20,35-44H,21-30H2,(H,46,47)/t35?,36?,37?,38?,39-,40-,41?,42-,43-,44-/m1/s1. The summed E-state index contributed by atoms with van der Waals surface area (Å²) in [5.74, 6) is 2.57. The van der Waals surface area contributed by atoms with Crippen molar-refractivity contribution in [3.05, 3.63) is 144 Å². The van der Waals surface area contributed by atoms with E-state index in [4.69, 9.17) is 28.4 Å². The quantitative estimate of drug-likeness (QED) is 0.133. The van der Waals surface area contributed by atoms with E-state index in [2.05, 4.69) is 17.4 Å². The van der Waals surface area contributed by atoms with Crippen LogP contribution in [0.5, 0.6) is 0 Å². The van der Waals surface area contributed by atoms with Gasteiger partial charge in [0.15, 0.2) is 6.29 Å². The second kappa shape index (κ2) is 17.4. The molecule has 4 aliphatic carbocycles. The molecule has 4 saturated carbocycles. The summed E-state index contributed by atoms with van der Waals surface area (Å²) in [5.41, 5.74) is 4.02. The Bertz CT molecular complexity index is 1680. The molecule has 1 N–H and O–H groups in total. The summed E-state index contributed by atoms with van der Waals surface area (Å²) in [4.78, 5) is 13.7. The summed E-state index contributed by atoms with van der Waals surface area (Å²) in [6, 6.07) is 39.2. The Balaban J connectivity index is 1.09. The normalized spacial score (nSPS) is 30.2. The molecule has 1 saturated heterocycles. The summed E-state index contributed by atoms with van der Waals surface area (Å²) < 4.78 is 39.9. The van der Waals surface area contributed by atoms with Gasteiger partial charge in [-0.15, -0.1) is 0 Å². The van der Waals surface area contributed by atoms with Crippen molar-refractivity contribution in [1.82, 2.24) is 5.32 Å². The van der Waals surface area contributed by atoms with Gasteiger partial charge < -0.3 is 33.7 Å². The molecule has 9 rings (SSSR count). The Labute approximate surface area is 313 Å². The molecule has 4 aromatic rings. The smallest absolute Gasteiger partial charge is 0.407 e. The first-order valence-corrected chi connectivity index (χ1v) is 19.4. The third kappa shape index (κ3) is 9.19. The number of carbonyl (C=O) groups is 1. The van der Waals surface area contributed by atoms with Crippen LogP contribution in [0, 0.1) is 23.7 Å². The Kier molecular flexibility index (Phi) is 11.8. The van der Waals surface area contributed by atoms with Crippen LogP contribution < -0.4 is 5.32 Å². The van der Waals surface area contributed by atoms with Gasteiger partial charge in [0.25, 0.3) is 0 Å². The fraction of sp³-hybridized carbons (Fsp3) is 0.444. The molecule has 4 bridgehead atoms. The summed E-state index contributed by atoms with van der Waals surface area (Å²) >= 11 is 0. The van der Waals surface area contributed by atoms with Gasteiger partial charge in [0, 0.05) is 0 Å². The molecule has 5 atom stereocenters. The highest BCUT2D eigenvalue weighted by Crippen LogP contribution is 2.55. The molecule has 0 aromatic heterocycles. The zero-order chi connectivity index (χ0) is 35.8. The molecule has 1 heterocycles. The van der Waals surface area contributed by atoms with Crippen molar-refractivity contribution in [3.8, 4) is 0 Å². The Morgan fingerprint density at radius 1 is 0.566 bits per heavy atom. The Morgan fingerprint density at radius 2 is 1.04 bits per heavy atom. The number of carbonyl (C=O) groups excluding carboxylic acids is 1. The second-order valence-corrected chi connectivity index (χ2v) is 15.3. The lowest BCUT2D eigenvalue weighted by molar-refractivity contribution is -0.315. The molecular formula is C45H51NO7. The largest absolute Gasteiger partial charge is 0.445 e. The van der Waals surface area contributed by atoms with Crippen LogP contribution in [0.15, 0.2) is 121 Å². The van der Waals surface area contributed by atoms with Crippen LogP contribution in [0.3, 0.4) is 0 Å². The number of nitrogens with one attached hydrogen (secondary N) is 1. The van der Waals surface area contributed by atoms with Crippen LogP contribution >= 0.6 is 0 Å². The average molecular weight is 718 g/mol. The van der Waals surface area contributed by atoms with E-state index < -0.39 is 36.7 Å². The topological polar surface area (TPSA) is 84.5 Å². The number of benzene rings is 4. The highest BCUT2D eigenvalue weighted by Gasteiger charge is 2.54. The lowest BCUT2D eigenvalue weighted by atomic mass is 9.55. The molecule has 1 amide bonds. The lowest BCUT2D eigenvalue weighted by Gasteiger charge is -2.55. The minimum Gasteiger partial charge on any atom is -0.445 e. The van der Waals surface area contributed by atoms with Crippen LogP contribution in [0.4, 0.5) is 4.79 Å². The maximum Gasteiger partial charge on any atom is 0.407 e. The highest BCUT2D eigenvalue weighted by atomic mass is 16.7. The first-order valence-electron chi connectivity index (χ1n) is 19.4. The maximum absolute atomic E-state index is 13.7. The van der Waals surface area contributed by atoms with Crippen LogP contribution in [0.2, 0.25) is 0 Å². The van der Waals surface area contributed by atoms with E-state index in [1.54, 1.807) is 0 Å². The number of alkyl carbamates (subject to hydrolysis) is 1. The molecule has 5 fully saturated rings. The van der Waals surface area contributed by atoms with Gasteiger partial charge in [0.2, 0.25) is 0 Å². The molecule has 5 aliphatic rings. The molecule has 278 valence electrons. The Hall–Kier alpha value is -4.05. The summed E-state index contributed by atoms with van der Waals surface area (Å²) in [6.45, 7) is 1.47. The molecule has 8 heteroatoms. The fourth-order valence-electron chi connectivity index (χ4n) is 9.26. The number of hydrogen-bond acceptors (Lipinski definition) is 7. The van der Waals surface area contributed by atoms with Crippen molar-refractivity contribution >= 4 is 6.09 Å². The highest BCUT2D eigenvalue weighted by molar-refractivity contribution is 5.67. The van der Waals surface area contributed by atoms with Crippen LogP contribution in [0.1, 0.15) is 54.4 Å². The van der Waals surface area contributed by atoms with Gasteiger partial charge in [0.05, 0.1) is 32.5 Å². The van der Waals surface area contributed by atoms with E-state index in [1.807, 2.05) is 109 Å². The summed E-state index contributed by atoms with van der Waals surface area (Å²) in [5, 5.41) is 3.17. The predicted molar refractivity (Wildman–Crippen MR) is 200 cm³/mol. The van der Waals surface area contributed by atoms with Crippen molar-refractivity contribution in [2.45, 2.75) is 95.3 Å². The van der Waals surface area contributed by atoms with E-state index in [-0.39, 0.29) is 19.3 Å². The Morgan fingerprint density at radius 3 is 1.57 bits per heavy atom. The molecule has 0 spiro atoms. The molecular weight excluding hydrogens is 666 g/mol. The van der Waals surface area contributed by atoms with E-state index in [9.17, 15) is 4.79 Å². The van der Waals surface area contributed by atoms with E-state index >= 15 is 0 Å². The molecule has 0 unspecified atom stereocenters. The van der Waals surface area contributed by atoms with Crippen LogP contribution in [0.25, 0.3) is 0 Å². The van der Waals surface area contributed by atoms with E-state index in [1.165, 1.54) is 32.1 Å². The zero-order valence-electron chi connectivity index (χ0n) is 30.2. The average Bonchev–Trinajstić information content (AvgIpc) is 3.19. The molecule has 1 aliphatic heterocycles. The summed E-state index contributed by atoms with van der Waals surface area (Å²) in [7, 11) is 0. The zero-order valence-corrected chi connectivity index (χ0v) is 30.2. The number of hydrogen-bond donors (Lipinski definition) is 1. The van der Waals surface area contributed by atoms with Gasteiger partial charge in [-0.25, -0.2) is 4.79 Å². The lowest BCUT2D eigenvalue weighted by Crippen LogP contribution is -2.67. The third-order valence-corrected chi connectivity index (χ3v) is 11.5. The number of ether oxygens (including phenoxy) is 6.